The van der Waals surface area contributed by atoms with Crippen LogP contribution in [0.25, 0.3) is 0 Å². The Bertz CT molecular complexity index is 336. The van der Waals surface area contributed by atoms with Gasteiger partial charge in [-0.25, -0.2) is 4.57 Å². The molecule has 0 saturated carbocycles. The number of hydrogen-bond donors (Lipinski definition) is 0. The average molecular weight is 244 g/mol. The van der Waals surface area contributed by atoms with Crippen molar-refractivity contribution < 1.29 is 23.1 Å². The SMILES string of the molecule is O=[PH](OCC1OCCO1)Oc1ccccc1. The van der Waals surface area contributed by atoms with Gasteiger partial charge in [-0.1, -0.05) is 18.2 Å². The van der Waals surface area contributed by atoms with Crippen molar-refractivity contribution in [1.29, 1.82) is 0 Å². The van der Waals surface area contributed by atoms with Crippen LogP contribution in [-0.2, 0) is 18.6 Å². The van der Waals surface area contributed by atoms with Crippen molar-refractivity contribution in [2.75, 3.05) is 19.8 Å². The van der Waals surface area contributed by atoms with Gasteiger partial charge >= 0.3 is 8.25 Å². The van der Waals surface area contributed by atoms with Crippen molar-refractivity contribution in [3.63, 3.8) is 0 Å². The van der Waals surface area contributed by atoms with Crippen molar-refractivity contribution >= 4 is 8.25 Å². The van der Waals surface area contributed by atoms with Gasteiger partial charge in [0.25, 0.3) is 0 Å². The lowest BCUT2D eigenvalue weighted by Gasteiger charge is -2.10. The molecule has 0 radical (unpaired) electrons. The van der Waals surface area contributed by atoms with Crippen molar-refractivity contribution in [3.05, 3.63) is 30.3 Å². The molecule has 1 fully saturated rings. The zero-order chi connectivity index (χ0) is 11.2. The van der Waals surface area contributed by atoms with Crippen molar-refractivity contribution in [2.45, 2.75) is 6.29 Å². The van der Waals surface area contributed by atoms with Crippen molar-refractivity contribution in [1.82, 2.24) is 0 Å². The van der Waals surface area contributed by atoms with Crippen LogP contribution < -0.4 is 4.52 Å². The minimum absolute atomic E-state index is 0.130. The van der Waals surface area contributed by atoms with Gasteiger partial charge in [-0.05, 0) is 12.1 Å². The predicted molar refractivity (Wildman–Crippen MR) is 57.7 cm³/mol. The molecule has 0 N–H and O–H groups in total. The third-order valence-electron chi connectivity index (χ3n) is 1.97. The molecule has 1 atom stereocenters. The highest BCUT2D eigenvalue weighted by Crippen LogP contribution is 2.28. The summed E-state index contributed by atoms with van der Waals surface area (Å²) >= 11 is 0. The maximum atomic E-state index is 11.4. The molecule has 2 rings (SSSR count). The fraction of sp³-hybridized carbons (Fsp3) is 0.400. The van der Waals surface area contributed by atoms with Crippen LogP contribution in [0.3, 0.4) is 0 Å². The molecule has 16 heavy (non-hydrogen) atoms. The van der Waals surface area contributed by atoms with Crippen LogP contribution in [0.15, 0.2) is 30.3 Å². The lowest BCUT2D eigenvalue weighted by atomic mass is 10.3. The van der Waals surface area contributed by atoms with E-state index in [2.05, 4.69) is 0 Å². The molecule has 0 spiro atoms. The highest BCUT2D eigenvalue weighted by atomic mass is 31.1. The average Bonchev–Trinajstić information content (AvgIpc) is 2.81. The van der Waals surface area contributed by atoms with E-state index in [1.54, 1.807) is 24.3 Å². The maximum Gasteiger partial charge on any atom is 0.368 e. The Morgan fingerprint density at radius 3 is 2.62 bits per heavy atom. The Morgan fingerprint density at radius 2 is 1.94 bits per heavy atom. The van der Waals surface area contributed by atoms with Gasteiger partial charge in [0.2, 0.25) is 0 Å². The van der Waals surface area contributed by atoms with E-state index in [1.807, 2.05) is 6.07 Å². The predicted octanol–water partition coefficient (Wildman–Crippen LogP) is 1.84. The largest absolute Gasteiger partial charge is 0.426 e. The van der Waals surface area contributed by atoms with Crippen LogP contribution >= 0.6 is 8.25 Å². The zero-order valence-electron chi connectivity index (χ0n) is 8.63. The Balaban J connectivity index is 1.72. The summed E-state index contributed by atoms with van der Waals surface area (Å²) in [6.45, 7) is 1.23. The van der Waals surface area contributed by atoms with Crippen LogP contribution in [0.2, 0.25) is 0 Å². The molecule has 1 aliphatic heterocycles. The van der Waals surface area contributed by atoms with Gasteiger partial charge < -0.3 is 14.0 Å². The highest BCUT2D eigenvalue weighted by Gasteiger charge is 2.17. The third kappa shape index (κ3) is 3.61. The van der Waals surface area contributed by atoms with Crippen LogP contribution in [0.1, 0.15) is 0 Å². The Hall–Kier alpha value is -0.870. The van der Waals surface area contributed by atoms with Crippen LogP contribution in [0, 0.1) is 0 Å². The first-order valence-electron chi connectivity index (χ1n) is 4.97. The Morgan fingerprint density at radius 1 is 1.25 bits per heavy atom. The summed E-state index contributed by atoms with van der Waals surface area (Å²) in [5.41, 5.74) is 0. The fourth-order valence-corrected chi connectivity index (χ4v) is 1.91. The Labute approximate surface area is 94.2 Å². The first-order chi connectivity index (χ1) is 7.84. The second-order valence-corrected chi connectivity index (χ2v) is 4.14. The molecule has 1 aromatic rings. The van der Waals surface area contributed by atoms with Crippen molar-refractivity contribution in [3.8, 4) is 5.75 Å². The molecule has 0 amide bonds. The summed E-state index contributed by atoms with van der Waals surface area (Å²) in [7, 11) is -2.54. The lowest BCUT2D eigenvalue weighted by molar-refractivity contribution is -0.0685. The molecule has 1 saturated heterocycles. The first kappa shape index (κ1) is 11.6. The zero-order valence-corrected chi connectivity index (χ0v) is 9.63. The van der Waals surface area contributed by atoms with Gasteiger partial charge in [-0.2, -0.15) is 0 Å². The van der Waals surface area contributed by atoms with Crippen LogP contribution in [-0.4, -0.2) is 26.1 Å². The van der Waals surface area contributed by atoms with Crippen molar-refractivity contribution in [2.24, 2.45) is 0 Å². The van der Waals surface area contributed by atoms with E-state index in [-0.39, 0.29) is 6.61 Å². The molecule has 0 aromatic heterocycles. The molecule has 88 valence electrons. The van der Waals surface area contributed by atoms with Crippen LogP contribution in [0.5, 0.6) is 5.75 Å². The maximum absolute atomic E-state index is 11.4. The number of para-hydroxylation sites is 1. The summed E-state index contributed by atoms with van der Waals surface area (Å²) in [5.74, 6) is 0.527. The Kier molecular flexibility index (Phi) is 4.36. The molecular formula is C10H13O5P. The van der Waals surface area contributed by atoms with E-state index in [0.717, 1.165) is 0 Å². The smallest absolute Gasteiger partial charge is 0.368 e. The molecular weight excluding hydrogens is 231 g/mol. The third-order valence-corrected chi connectivity index (χ3v) is 2.78. The van der Waals surface area contributed by atoms with E-state index >= 15 is 0 Å². The van der Waals surface area contributed by atoms with Gasteiger partial charge in [0.15, 0.2) is 6.29 Å². The number of ether oxygens (including phenoxy) is 2. The molecule has 1 unspecified atom stereocenters. The van der Waals surface area contributed by atoms with Gasteiger partial charge in [-0.3, -0.25) is 4.52 Å². The minimum Gasteiger partial charge on any atom is -0.426 e. The van der Waals surface area contributed by atoms with Gasteiger partial charge in [0, 0.05) is 0 Å². The highest BCUT2D eigenvalue weighted by molar-refractivity contribution is 7.33. The summed E-state index contributed by atoms with van der Waals surface area (Å²) in [6.07, 6.45) is -0.423. The summed E-state index contributed by atoms with van der Waals surface area (Å²) in [4.78, 5) is 0. The lowest BCUT2D eigenvalue weighted by Crippen LogP contribution is -2.14. The van der Waals surface area contributed by atoms with Crippen LogP contribution in [0.4, 0.5) is 0 Å². The van der Waals surface area contributed by atoms with E-state index in [9.17, 15) is 4.57 Å². The van der Waals surface area contributed by atoms with E-state index in [1.165, 1.54) is 0 Å². The van der Waals surface area contributed by atoms with E-state index < -0.39 is 14.5 Å². The summed E-state index contributed by atoms with van der Waals surface area (Å²) < 4.78 is 31.7. The fourth-order valence-electron chi connectivity index (χ4n) is 1.25. The summed E-state index contributed by atoms with van der Waals surface area (Å²) in [6, 6.07) is 8.88. The minimum atomic E-state index is -2.54. The standard InChI is InChI=1S/C10H13O5P/c11-16(14-8-10-12-6-7-13-10)15-9-4-2-1-3-5-9/h1-5,10,16H,6-8H2. The molecule has 1 aromatic carbocycles. The molecule has 5 nitrogen and oxygen atoms in total. The van der Waals surface area contributed by atoms with E-state index in [4.69, 9.17) is 18.5 Å². The second kappa shape index (κ2) is 6.01. The monoisotopic (exact) mass is 244 g/mol. The number of benzene rings is 1. The van der Waals surface area contributed by atoms with E-state index in [0.29, 0.717) is 19.0 Å². The number of hydrogen-bond acceptors (Lipinski definition) is 5. The second-order valence-electron chi connectivity index (χ2n) is 3.15. The molecule has 0 bridgehead atoms. The normalized spacial score (nSPS) is 18.5. The first-order valence-corrected chi connectivity index (χ1v) is 6.20. The summed E-state index contributed by atoms with van der Waals surface area (Å²) in [5, 5.41) is 0. The topological polar surface area (TPSA) is 54.0 Å². The quantitative estimate of drug-likeness (QED) is 0.740. The molecule has 1 heterocycles. The van der Waals surface area contributed by atoms with Gasteiger partial charge in [0.05, 0.1) is 13.2 Å². The molecule has 1 aliphatic rings. The van der Waals surface area contributed by atoms with Gasteiger partial charge in [-0.15, -0.1) is 0 Å². The number of rotatable bonds is 5. The molecule has 6 heteroatoms. The molecule has 0 aliphatic carbocycles. The van der Waals surface area contributed by atoms with Gasteiger partial charge in [0.1, 0.15) is 12.4 Å².